The molecular formula is C19H33NO5S2. The highest BCUT2D eigenvalue weighted by molar-refractivity contribution is 8.13. The second-order valence-corrected chi connectivity index (χ2v) is 10.8. The normalized spacial score (nSPS) is 17.4. The summed E-state index contributed by atoms with van der Waals surface area (Å²) in [5, 5.41) is -0.468. The van der Waals surface area contributed by atoms with Gasteiger partial charge in [0, 0.05) is 16.9 Å². The van der Waals surface area contributed by atoms with Crippen LogP contribution in [-0.2, 0) is 14.3 Å². The van der Waals surface area contributed by atoms with Gasteiger partial charge in [0.15, 0.2) is 0 Å². The van der Waals surface area contributed by atoms with Crippen molar-refractivity contribution in [3.05, 3.63) is 0 Å². The molecular weight excluding hydrogens is 386 g/mol. The number of ether oxygens (including phenoxy) is 2. The van der Waals surface area contributed by atoms with Crippen molar-refractivity contribution in [1.29, 1.82) is 0 Å². The molecule has 0 saturated heterocycles. The minimum absolute atomic E-state index is 0.0152. The molecule has 1 aliphatic carbocycles. The van der Waals surface area contributed by atoms with E-state index in [1.807, 2.05) is 20.8 Å². The van der Waals surface area contributed by atoms with Gasteiger partial charge in [-0.3, -0.25) is 9.52 Å². The number of Topliss-reactive ketones (excluding diaryl/α,β-unsaturated/α-hetero) is 1. The van der Waals surface area contributed by atoms with Gasteiger partial charge in [-0.05, 0) is 90.9 Å². The number of carbonyl (C=O) groups is 3. The van der Waals surface area contributed by atoms with E-state index in [0.717, 1.165) is 31.0 Å². The van der Waals surface area contributed by atoms with Crippen molar-refractivity contribution in [2.24, 2.45) is 11.8 Å². The van der Waals surface area contributed by atoms with Gasteiger partial charge >= 0.3 is 11.4 Å². The Balaban J connectivity index is 2.71. The number of hydrogen-bond acceptors (Lipinski definition) is 7. The first kappa shape index (κ1) is 24.1. The Labute approximate surface area is 171 Å². The van der Waals surface area contributed by atoms with Crippen LogP contribution in [0.5, 0.6) is 0 Å². The highest BCUT2D eigenvalue weighted by Gasteiger charge is 2.37. The van der Waals surface area contributed by atoms with Crippen LogP contribution in [0.4, 0.5) is 9.59 Å². The van der Waals surface area contributed by atoms with Crippen LogP contribution < -0.4 is 4.72 Å². The molecule has 0 radical (unpaired) electrons. The topological polar surface area (TPSA) is 81.7 Å². The quantitative estimate of drug-likeness (QED) is 0.448. The molecule has 0 heterocycles. The van der Waals surface area contributed by atoms with E-state index in [4.69, 9.17) is 9.47 Å². The number of hydrogen-bond donors (Lipinski definition) is 1. The summed E-state index contributed by atoms with van der Waals surface area (Å²) in [7, 11) is 0. The Bertz CT molecular complexity index is 535. The summed E-state index contributed by atoms with van der Waals surface area (Å²) in [4.78, 5) is 36.3. The van der Waals surface area contributed by atoms with Crippen LogP contribution in [0, 0.1) is 11.8 Å². The molecule has 27 heavy (non-hydrogen) atoms. The van der Waals surface area contributed by atoms with Crippen LogP contribution in [0.25, 0.3) is 0 Å². The van der Waals surface area contributed by atoms with Gasteiger partial charge in [0.1, 0.15) is 17.0 Å². The molecule has 1 N–H and O–H groups in total. The average molecular weight is 420 g/mol. The van der Waals surface area contributed by atoms with Crippen molar-refractivity contribution in [3.63, 3.8) is 0 Å². The van der Waals surface area contributed by atoms with E-state index in [0.29, 0.717) is 11.7 Å². The number of ketones is 1. The summed E-state index contributed by atoms with van der Waals surface area (Å²) >= 11 is 2.27. The van der Waals surface area contributed by atoms with E-state index in [-0.39, 0.29) is 22.3 Å². The summed E-state index contributed by atoms with van der Waals surface area (Å²) in [6.07, 6.45) is 2.65. The zero-order valence-electron chi connectivity index (χ0n) is 17.4. The molecule has 0 bridgehead atoms. The summed E-state index contributed by atoms with van der Waals surface area (Å²) in [5.41, 5.74) is -1.14. The van der Waals surface area contributed by atoms with Crippen molar-refractivity contribution in [2.45, 2.75) is 84.2 Å². The molecule has 1 rings (SSSR count). The fourth-order valence-corrected chi connectivity index (χ4v) is 4.95. The van der Waals surface area contributed by atoms with Crippen molar-refractivity contribution < 1.29 is 23.9 Å². The Morgan fingerprint density at radius 1 is 1.04 bits per heavy atom. The van der Waals surface area contributed by atoms with E-state index in [9.17, 15) is 14.4 Å². The second-order valence-electron chi connectivity index (χ2n) is 8.87. The van der Waals surface area contributed by atoms with Gasteiger partial charge < -0.3 is 9.47 Å². The molecule has 1 amide bonds. The zero-order valence-corrected chi connectivity index (χ0v) is 19.1. The minimum Gasteiger partial charge on any atom is -0.452 e. The van der Waals surface area contributed by atoms with E-state index in [1.165, 1.54) is 11.9 Å². The lowest BCUT2D eigenvalue weighted by Gasteiger charge is -2.37. The third-order valence-electron chi connectivity index (χ3n) is 3.98. The molecule has 1 fully saturated rings. The summed E-state index contributed by atoms with van der Waals surface area (Å²) in [6, 6.07) is 0. The lowest BCUT2D eigenvalue weighted by atomic mass is 9.78. The maximum atomic E-state index is 12.3. The van der Waals surface area contributed by atoms with Crippen LogP contribution in [0.1, 0.15) is 67.7 Å². The zero-order chi connectivity index (χ0) is 20.8. The standard InChI is InChI=1S/C19H33NO5S2/c1-12(21)14(11-26-17(23)25-19(5,6)7)15(13-9-8-10-13)27-20-16(22)24-18(2,3)4/h13-15H,8-11H2,1-7H3,(H,20,22). The molecule has 2 unspecified atom stereocenters. The lowest BCUT2D eigenvalue weighted by molar-refractivity contribution is -0.120. The molecule has 1 aliphatic rings. The first-order valence-electron chi connectivity index (χ1n) is 9.29. The SMILES string of the molecule is CC(=O)C(CSC(=O)OC(C)(C)C)C(SNC(=O)OC(C)(C)C)C1CCC1. The van der Waals surface area contributed by atoms with Gasteiger partial charge in [-0.2, -0.15) is 0 Å². The van der Waals surface area contributed by atoms with Crippen molar-refractivity contribution in [1.82, 2.24) is 4.72 Å². The summed E-state index contributed by atoms with van der Waals surface area (Å²) in [5.74, 6) is 0.362. The fraction of sp³-hybridized carbons (Fsp3) is 0.842. The van der Waals surface area contributed by atoms with Gasteiger partial charge in [0.05, 0.1) is 0 Å². The van der Waals surface area contributed by atoms with Crippen molar-refractivity contribution >= 4 is 40.9 Å². The van der Waals surface area contributed by atoms with Crippen LogP contribution >= 0.6 is 23.7 Å². The predicted molar refractivity (Wildman–Crippen MR) is 111 cm³/mol. The third-order valence-corrected chi connectivity index (χ3v) is 6.10. The van der Waals surface area contributed by atoms with Crippen LogP contribution in [0.2, 0.25) is 0 Å². The largest absolute Gasteiger partial charge is 0.452 e. The van der Waals surface area contributed by atoms with Gasteiger partial charge in [-0.1, -0.05) is 6.42 Å². The number of nitrogens with one attached hydrogen (secondary N) is 1. The average Bonchev–Trinajstić information content (AvgIpc) is 2.38. The minimum atomic E-state index is -0.580. The molecule has 0 spiro atoms. The highest BCUT2D eigenvalue weighted by atomic mass is 32.2. The van der Waals surface area contributed by atoms with Crippen LogP contribution in [-0.4, -0.2) is 39.4 Å². The Morgan fingerprint density at radius 3 is 2.00 bits per heavy atom. The number of amides is 1. The molecule has 8 heteroatoms. The lowest BCUT2D eigenvalue weighted by Crippen LogP contribution is -2.40. The number of thioether (sulfide) groups is 1. The Kier molecular flexibility index (Phi) is 8.99. The number of rotatable bonds is 7. The van der Waals surface area contributed by atoms with E-state index >= 15 is 0 Å². The second kappa shape index (κ2) is 10.0. The van der Waals surface area contributed by atoms with Gasteiger partial charge in [-0.15, -0.1) is 0 Å². The maximum absolute atomic E-state index is 12.3. The molecule has 0 aromatic carbocycles. The van der Waals surface area contributed by atoms with Crippen LogP contribution in [0.3, 0.4) is 0 Å². The summed E-state index contributed by atoms with van der Waals surface area (Å²) in [6.45, 7) is 12.4. The molecule has 156 valence electrons. The first-order valence-corrected chi connectivity index (χ1v) is 11.2. The van der Waals surface area contributed by atoms with Gasteiger partial charge in [-0.25, -0.2) is 9.59 Å². The van der Waals surface area contributed by atoms with E-state index in [1.54, 1.807) is 27.7 Å². The molecule has 2 atom stereocenters. The third kappa shape index (κ3) is 9.74. The predicted octanol–water partition coefficient (Wildman–Crippen LogP) is 5.20. The fourth-order valence-electron chi connectivity index (χ4n) is 2.57. The van der Waals surface area contributed by atoms with E-state index < -0.39 is 17.3 Å². The van der Waals surface area contributed by atoms with Gasteiger partial charge in [0.25, 0.3) is 0 Å². The molecule has 6 nitrogen and oxygen atoms in total. The monoisotopic (exact) mass is 419 g/mol. The van der Waals surface area contributed by atoms with Crippen molar-refractivity contribution in [3.8, 4) is 0 Å². The van der Waals surface area contributed by atoms with Crippen LogP contribution in [0.15, 0.2) is 0 Å². The molecule has 1 saturated carbocycles. The molecule has 0 aromatic heterocycles. The highest BCUT2D eigenvalue weighted by Crippen LogP contribution is 2.40. The maximum Gasteiger partial charge on any atom is 0.417 e. The smallest absolute Gasteiger partial charge is 0.417 e. The summed E-state index contributed by atoms with van der Waals surface area (Å²) < 4.78 is 13.3. The first-order chi connectivity index (χ1) is 12.3. The van der Waals surface area contributed by atoms with Gasteiger partial charge in [0.2, 0.25) is 0 Å². The molecule has 0 aliphatic heterocycles. The van der Waals surface area contributed by atoms with Crippen molar-refractivity contribution in [2.75, 3.05) is 5.75 Å². The van der Waals surface area contributed by atoms with E-state index in [2.05, 4.69) is 4.72 Å². The Hall–Kier alpha value is -0.890. The number of carbonyl (C=O) groups excluding carboxylic acids is 3. The molecule has 0 aromatic rings. The Morgan fingerprint density at radius 2 is 1.59 bits per heavy atom.